The molecule has 0 bridgehead atoms. The second kappa shape index (κ2) is 79.7. The smallest absolute Gasteiger partial charge is 0.0434 e. The molecule has 0 aliphatic heterocycles. The van der Waals surface area contributed by atoms with E-state index in [1.807, 2.05) is 27.7 Å². The van der Waals surface area contributed by atoms with Gasteiger partial charge in [0, 0.05) is 134 Å². The van der Waals surface area contributed by atoms with Crippen molar-refractivity contribution < 1.29 is 26.0 Å². The molecule has 12 N–H and O–H groups in total. The Kier molecular flexibility index (Phi) is 53.1. The lowest BCUT2D eigenvalue weighted by Gasteiger charge is -1.93. The molecule has 0 saturated heterocycles. The third-order valence-corrected chi connectivity index (χ3v) is 15.3. The van der Waals surface area contributed by atoms with Gasteiger partial charge in [0.25, 0.3) is 0 Å². The van der Waals surface area contributed by atoms with E-state index in [9.17, 15) is 0 Å². The summed E-state index contributed by atoms with van der Waals surface area (Å²) in [6, 6.07) is 0. The first-order valence-electron chi connectivity index (χ1n) is 24.5. The normalized spacial score (nSPS) is 22.0. The Morgan fingerprint density at radius 2 is 0.542 bits per heavy atom. The minimum absolute atomic E-state index is 0.0869. The Hall–Kier alpha value is 3.96. The first-order valence-corrected chi connectivity index (χ1v) is 28.9. The van der Waals surface area contributed by atoms with Crippen molar-refractivity contribution in [2.75, 3.05) is 108 Å². The Morgan fingerprint density at radius 1 is 0.292 bits per heavy atom. The van der Waals surface area contributed by atoms with E-state index < -0.39 is 56.2 Å². The van der Waals surface area contributed by atoms with E-state index in [2.05, 4.69) is 6.92 Å². The molecule has 0 saturated carbocycles. The summed E-state index contributed by atoms with van der Waals surface area (Å²) in [6.45, 7) is 1.00. The summed E-state index contributed by atoms with van der Waals surface area (Å²) < 4.78 is 135. The van der Waals surface area contributed by atoms with E-state index in [1.165, 1.54) is 97.1 Å². The van der Waals surface area contributed by atoms with Crippen LogP contribution in [0.5, 0.6) is 0 Å². The Morgan fingerprint density at radius 3 is 0.854 bits per heavy atom. The van der Waals surface area contributed by atoms with Crippen LogP contribution in [0.25, 0.3) is 0 Å². The van der Waals surface area contributed by atoms with Crippen LogP contribution in [-0.2, 0) is 0 Å². The molecule has 7 unspecified atom stereocenters. The van der Waals surface area contributed by atoms with Crippen LogP contribution in [-0.4, -0.2) is 108 Å². The van der Waals surface area contributed by atoms with Gasteiger partial charge >= 0.3 is 0 Å². The molecule has 0 aromatic heterocycles. The summed E-state index contributed by atoms with van der Waals surface area (Å²) in [6.07, 6.45) is 3.38. The quantitative estimate of drug-likeness (QED) is 0.0299. The summed E-state index contributed by atoms with van der Waals surface area (Å²) in [7, 11) is 16.0. The topological polar surface area (TPSA) is 156 Å². The second-order valence-corrected chi connectivity index (χ2v) is 21.1. The number of hydrogen-bond donors (Lipinski definition) is 6. The molecule has 0 fully saturated rings. The Bertz CT molecular complexity index is 1070. The van der Waals surface area contributed by atoms with Gasteiger partial charge in [0.1, 0.15) is 0 Å². The molecule has 0 spiro atoms. The van der Waals surface area contributed by atoms with E-state index in [1.54, 1.807) is 17.7 Å². The van der Waals surface area contributed by atoms with Gasteiger partial charge in [0.15, 0.2) is 0 Å². The van der Waals surface area contributed by atoms with Crippen LogP contribution in [0.1, 0.15) is 106 Å². The van der Waals surface area contributed by atoms with Gasteiger partial charge in [-0.15, -0.1) is 0 Å². The van der Waals surface area contributed by atoms with Gasteiger partial charge in [-0.25, -0.2) is 0 Å². The fourth-order valence-electron chi connectivity index (χ4n) is 1.12. The van der Waals surface area contributed by atoms with Gasteiger partial charge in [-0.2, -0.15) is 0 Å². The number of nitrogens with two attached hydrogens (primary N) is 6. The molecule has 0 aliphatic carbocycles. The highest BCUT2D eigenvalue weighted by molar-refractivity contribution is 8.78. The zero-order valence-electron chi connectivity index (χ0n) is 48.2. The van der Waals surface area contributed by atoms with Crippen molar-refractivity contribution in [2.24, 2.45) is 34.4 Å². The highest BCUT2D eigenvalue weighted by Crippen LogP contribution is 2.22. The van der Waals surface area contributed by atoms with Crippen LogP contribution in [0.4, 0.5) is 0 Å². The SMILES string of the molecule is [2H]C(C)CSSC([2H])C([2H])([2H])N.[2H]C(C)CSSCC([2H])([2H])N.[2H]C(CC)SSC([2H])C([2H])([2H])N.[2H]C(CC)SSCC([2H])([2H])N.[2H]C(SSCCC)C([2H])([2H])N.[2H]C([2H])(N)CSSCCC. The fourth-order valence-corrected chi connectivity index (χ4v) is 10.1. The first kappa shape index (κ1) is 32.0. The van der Waals surface area contributed by atoms with Crippen molar-refractivity contribution in [1.82, 2.24) is 0 Å². The average Bonchev–Trinajstić information content (AvgIpc) is 3.15. The maximum absolute atomic E-state index is 7.31. The van der Waals surface area contributed by atoms with E-state index in [-0.39, 0.29) is 35.8 Å². The molecular weight excluding hydrogens is 829 g/mol. The predicted molar refractivity (Wildman–Crippen MR) is 266 cm³/mol. The summed E-state index contributed by atoms with van der Waals surface area (Å²) in [5.74, 6) is 4.23. The van der Waals surface area contributed by atoms with Gasteiger partial charge in [-0.3, -0.25) is 0 Å². The maximum atomic E-state index is 7.31. The van der Waals surface area contributed by atoms with Gasteiger partial charge in [-0.1, -0.05) is 171 Å². The molecule has 0 amide bonds. The molecule has 0 aliphatic rings. The van der Waals surface area contributed by atoms with E-state index in [4.69, 9.17) is 60.4 Å². The van der Waals surface area contributed by atoms with Gasteiger partial charge in [0.2, 0.25) is 0 Å². The highest BCUT2D eigenvalue weighted by atomic mass is 33.1. The Labute approximate surface area is 375 Å². The molecule has 0 rings (SSSR count). The summed E-state index contributed by atoms with van der Waals surface area (Å²) >= 11 is 0. The van der Waals surface area contributed by atoms with Crippen molar-refractivity contribution in [1.29, 1.82) is 0 Å². The van der Waals surface area contributed by atoms with Gasteiger partial charge in [0.05, 0.1) is 0 Å². The van der Waals surface area contributed by atoms with Crippen molar-refractivity contribution >= 4 is 130 Å². The van der Waals surface area contributed by atoms with Crippen LogP contribution in [0.3, 0.4) is 0 Å². The van der Waals surface area contributed by atoms with E-state index in [0.717, 1.165) is 58.1 Å². The van der Waals surface area contributed by atoms with Crippen molar-refractivity contribution in [3.05, 3.63) is 0 Å². The molecule has 0 aromatic carbocycles. The molecule has 0 heterocycles. The van der Waals surface area contributed by atoms with E-state index in [0.29, 0.717) is 17.9 Å². The molecule has 18 heteroatoms. The van der Waals surface area contributed by atoms with Crippen molar-refractivity contribution in [3.63, 3.8) is 0 Å². The highest BCUT2D eigenvalue weighted by Gasteiger charge is 1.87. The minimum atomic E-state index is -1.98. The van der Waals surface area contributed by atoms with Crippen molar-refractivity contribution in [3.8, 4) is 0 Å². The number of hydrogen-bond acceptors (Lipinski definition) is 18. The van der Waals surface area contributed by atoms with Crippen LogP contribution in [0.15, 0.2) is 0 Å². The molecule has 6 nitrogen and oxygen atoms in total. The van der Waals surface area contributed by atoms with Crippen LogP contribution in [0.2, 0.25) is 0 Å². The van der Waals surface area contributed by atoms with Crippen LogP contribution < -0.4 is 34.4 Å². The molecule has 0 aromatic rings. The third kappa shape index (κ3) is 104. The van der Waals surface area contributed by atoms with Gasteiger partial charge < -0.3 is 34.4 Å². The molecule has 7 atom stereocenters. The van der Waals surface area contributed by atoms with Crippen LogP contribution >= 0.6 is 130 Å². The Balaban J connectivity index is -0.000000167. The molecular formula is C30H78N6S12. The second-order valence-electron chi connectivity index (χ2n) is 6.91. The molecule has 0 radical (unpaired) electrons. The zero-order valence-corrected chi connectivity index (χ0v) is 39.0. The number of rotatable bonds is 30. The van der Waals surface area contributed by atoms with Crippen LogP contribution in [0, 0.1) is 0 Å². The lowest BCUT2D eigenvalue weighted by atomic mass is 10.6. The first-order chi connectivity index (χ1) is 30.1. The van der Waals surface area contributed by atoms with Crippen molar-refractivity contribution in [2.45, 2.75) is 80.0 Å². The lowest BCUT2D eigenvalue weighted by Crippen LogP contribution is -1.99. The molecule has 300 valence electrons. The minimum Gasteiger partial charge on any atom is -0.330 e. The van der Waals surface area contributed by atoms with E-state index >= 15 is 0 Å². The summed E-state index contributed by atoms with van der Waals surface area (Å²) in [5, 5.41) is 0. The summed E-state index contributed by atoms with van der Waals surface area (Å²) in [5.41, 5.74) is 27.1. The summed E-state index contributed by atoms with van der Waals surface area (Å²) in [4.78, 5) is 0. The average molecular weight is 927 g/mol. The zero-order chi connectivity index (χ0) is 54.3. The van der Waals surface area contributed by atoms with Gasteiger partial charge in [-0.05, 0) is 38.5 Å². The standard InChI is InChI=1S/6C5H13NS2/c6*1-2-4-7-8-5-3-6/h6*2-6H2,1H3/i3D2,4D,5D;2D,3D2,5D;3D2,5D;3D2,4D;2D,3D2;3D2. The third-order valence-electron chi connectivity index (χ3n) is 2.72. The monoisotopic (exact) mass is 925 g/mol. The fraction of sp³-hybridized carbons (Fsp3) is 1.00. The predicted octanol–water partition coefficient (Wildman–Crippen LogP) is 10.4. The lowest BCUT2D eigenvalue weighted by molar-refractivity contribution is 1.11. The molecule has 48 heavy (non-hydrogen) atoms. The largest absolute Gasteiger partial charge is 0.330 e. The maximum Gasteiger partial charge on any atom is 0.0434 e.